The molecule has 1 rings (SSSR count). The van der Waals surface area contributed by atoms with E-state index in [1.807, 2.05) is 18.2 Å². The topological polar surface area (TPSA) is 54.0 Å². The van der Waals surface area contributed by atoms with Crippen molar-refractivity contribution in [1.29, 1.82) is 0 Å². The number of aromatic nitrogens is 1. The van der Waals surface area contributed by atoms with Gasteiger partial charge >= 0.3 is 0 Å². The first kappa shape index (κ1) is 22.8. The van der Waals surface area contributed by atoms with Gasteiger partial charge in [-0.15, -0.1) is 24.8 Å². The van der Waals surface area contributed by atoms with Gasteiger partial charge in [0.05, 0.1) is 5.69 Å². The SMILES string of the molecule is CCN[C@H](C)CNC(=O)CCSCc1ccccn1.Cl.Cl. The molecule has 0 fully saturated rings. The summed E-state index contributed by atoms with van der Waals surface area (Å²) in [5.41, 5.74) is 1.06. The molecule has 1 amide bonds. The number of nitrogens with one attached hydrogen (secondary N) is 2. The van der Waals surface area contributed by atoms with Crippen LogP contribution in [-0.2, 0) is 10.5 Å². The molecule has 2 N–H and O–H groups in total. The molecule has 1 aromatic rings. The van der Waals surface area contributed by atoms with Crippen molar-refractivity contribution in [3.8, 4) is 0 Å². The number of likely N-dealkylation sites (N-methyl/N-ethyl adjacent to an activating group) is 1. The standard InChI is InChI=1S/C14H23N3OS.2ClH/c1-3-15-12(2)10-17-14(18)7-9-19-11-13-6-4-5-8-16-13;;/h4-6,8,12,15H,3,7,9-11H2,1-2H3,(H,17,18);2*1H/t12-;;/m1../s1. The van der Waals surface area contributed by atoms with Crippen LogP contribution in [-0.4, -0.2) is 35.8 Å². The zero-order chi connectivity index (χ0) is 13.9. The lowest BCUT2D eigenvalue weighted by Gasteiger charge is -2.13. The van der Waals surface area contributed by atoms with Gasteiger partial charge in [0.2, 0.25) is 5.91 Å². The van der Waals surface area contributed by atoms with Crippen LogP contribution in [0.25, 0.3) is 0 Å². The number of carbonyl (C=O) groups is 1. The summed E-state index contributed by atoms with van der Waals surface area (Å²) in [6.45, 7) is 5.75. The average Bonchev–Trinajstić information content (AvgIpc) is 2.43. The van der Waals surface area contributed by atoms with E-state index < -0.39 is 0 Å². The zero-order valence-electron chi connectivity index (χ0n) is 12.5. The van der Waals surface area contributed by atoms with Crippen LogP contribution in [0.3, 0.4) is 0 Å². The summed E-state index contributed by atoms with van der Waals surface area (Å²) >= 11 is 1.74. The fourth-order valence-corrected chi connectivity index (χ4v) is 2.46. The summed E-state index contributed by atoms with van der Waals surface area (Å²) < 4.78 is 0. The summed E-state index contributed by atoms with van der Waals surface area (Å²) in [5.74, 6) is 1.82. The largest absolute Gasteiger partial charge is 0.355 e. The minimum atomic E-state index is 0. The molecule has 7 heteroatoms. The van der Waals surface area contributed by atoms with Crippen LogP contribution in [0.15, 0.2) is 24.4 Å². The van der Waals surface area contributed by atoms with E-state index in [1.54, 1.807) is 18.0 Å². The molecule has 21 heavy (non-hydrogen) atoms. The molecule has 0 unspecified atom stereocenters. The number of thioether (sulfide) groups is 1. The number of carbonyl (C=O) groups excluding carboxylic acids is 1. The number of amides is 1. The predicted octanol–water partition coefficient (Wildman–Crippen LogP) is 2.66. The molecule has 1 heterocycles. The highest BCUT2D eigenvalue weighted by Gasteiger charge is 2.04. The van der Waals surface area contributed by atoms with E-state index in [9.17, 15) is 4.79 Å². The monoisotopic (exact) mass is 353 g/mol. The first-order valence-electron chi connectivity index (χ1n) is 6.70. The fraction of sp³-hybridized carbons (Fsp3) is 0.571. The Morgan fingerprint density at radius 1 is 1.38 bits per heavy atom. The van der Waals surface area contributed by atoms with E-state index in [4.69, 9.17) is 0 Å². The van der Waals surface area contributed by atoms with Gasteiger partial charge in [-0.2, -0.15) is 11.8 Å². The number of hydrogen-bond acceptors (Lipinski definition) is 4. The van der Waals surface area contributed by atoms with Crippen molar-refractivity contribution in [2.45, 2.75) is 32.1 Å². The molecule has 1 aromatic heterocycles. The molecule has 0 saturated heterocycles. The molecular formula is C14H25Cl2N3OS. The van der Waals surface area contributed by atoms with E-state index in [1.165, 1.54) is 0 Å². The third-order valence-corrected chi connectivity index (χ3v) is 3.60. The Labute approximate surface area is 144 Å². The molecule has 0 bridgehead atoms. The molecule has 1 atom stereocenters. The highest BCUT2D eigenvalue weighted by atomic mass is 35.5. The lowest BCUT2D eigenvalue weighted by molar-refractivity contribution is -0.120. The van der Waals surface area contributed by atoms with Crippen molar-refractivity contribution < 1.29 is 4.79 Å². The Hall–Kier alpha value is -0.490. The highest BCUT2D eigenvalue weighted by Crippen LogP contribution is 2.10. The molecule has 0 spiro atoms. The van der Waals surface area contributed by atoms with E-state index in [-0.39, 0.29) is 30.7 Å². The quantitative estimate of drug-likeness (QED) is 0.670. The first-order valence-corrected chi connectivity index (χ1v) is 7.85. The molecule has 0 aliphatic rings. The third-order valence-electron chi connectivity index (χ3n) is 2.61. The molecule has 0 aliphatic carbocycles. The number of hydrogen-bond donors (Lipinski definition) is 2. The van der Waals surface area contributed by atoms with Crippen LogP contribution in [0, 0.1) is 0 Å². The van der Waals surface area contributed by atoms with Crippen molar-refractivity contribution in [2.24, 2.45) is 0 Å². The molecular weight excluding hydrogens is 329 g/mol. The maximum atomic E-state index is 11.6. The molecule has 0 radical (unpaired) electrons. The van der Waals surface area contributed by atoms with Crippen molar-refractivity contribution >= 4 is 42.5 Å². The van der Waals surface area contributed by atoms with Gasteiger partial charge in [-0.25, -0.2) is 0 Å². The molecule has 122 valence electrons. The third kappa shape index (κ3) is 11.8. The van der Waals surface area contributed by atoms with Crippen LogP contribution >= 0.6 is 36.6 Å². The van der Waals surface area contributed by atoms with E-state index in [2.05, 4.69) is 29.5 Å². The van der Waals surface area contributed by atoms with Gasteiger partial charge in [0.25, 0.3) is 0 Å². The van der Waals surface area contributed by atoms with Gasteiger partial charge in [-0.1, -0.05) is 13.0 Å². The fourth-order valence-electron chi connectivity index (χ4n) is 1.60. The summed E-state index contributed by atoms with van der Waals surface area (Å²) in [4.78, 5) is 15.8. The Morgan fingerprint density at radius 2 is 2.14 bits per heavy atom. The van der Waals surface area contributed by atoms with Crippen LogP contribution < -0.4 is 10.6 Å². The highest BCUT2D eigenvalue weighted by molar-refractivity contribution is 7.98. The van der Waals surface area contributed by atoms with E-state index >= 15 is 0 Å². The normalized spacial score (nSPS) is 11.0. The first-order chi connectivity index (χ1) is 9.22. The second kappa shape index (κ2) is 14.4. The number of pyridine rings is 1. The van der Waals surface area contributed by atoms with Crippen molar-refractivity contribution in [1.82, 2.24) is 15.6 Å². The smallest absolute Gasteiger partial charge is 0.220 e. The van der Waals surface area contributed by atoms with Gasteiger partial charge in [0.15, 0.2) is 0 Å². The Bertz CT molecular complexity index is 368. The number of halogens is 2. The average molecular weight is 354 g/mol. The summed E-state index contributed by atoms with van der Waals surface area (Å²) in [6.07, 6.45) is 2.36. The van der Waals surface area contributed by atoms with Gasteiger partial charge in [0, 0.05) is 36.7 Å². The Kier molecular flexibility index (Phi) is 15.7. The Morgan fingerprint density at radius 3 is 2.76 bits per heavy atom. The van der Waals surface area contributed by atoms with Crippen LogP contribution in [0.2, 0.25) is 0 Å². The maximum Gasteiger partial charge on any atom is 0.220 e. The van der Waals surface area contributed by atoms with Crippen LogP contribution in [0.4, 0.5) is 0 Å². The molecule has 4 nitrogen and oxygen atoms in total. The number of rotatable bonds is 9. The predicted molar refractivity (Wildman–Crippen MR) is 95.7 cm³/mol. The Balaban J connectivity index is 0. The van der Waals surface area contributed by atoms with Crippen molar-refractivity contribution in [3.63, 3.8) is 0 Å². The van der Waals surface area contributed by atoms with E-state index in [0.717, 1.165) is 23.7 Å². The summed E-state index contributed by atoms with van der Waals surface area (Å²) in [7, 11) is 0. The van der Waals surface area contributed by atoms with E-state index in [0.29, 0.717) is 19.0 Å². The summed E-state index contributed by atoms with van der Waals surface area (Å²) in [5, 5.41) is 6.20. The van der Waals surface area contributed by atoms with Gasteiger partial charge in [-0.05, 0) is 25.6 Å². The van der Waals surface area contributed by atoms with Crippen LogP contribution in [0.5, 0.6) is 0 Å². The minimum Gasteiger partial charge on any atom is -0.355 e. The second-order valence-electron chi connectivity index (χ2n) is 4.39. The second-order valence-corrected chi connectivity index (χ2v) is 5.49. The molecule has 0 saturated carbocycles. The lowest BCUT2D eigenvalue weighted by Crippen LogP contribution is -2.38. The van der Waals surface area contributed by atoms with Crippen molar-refractivity contribution in [3.05, 3.63) is 30.1 Å². The van der Waals surface area contributed by atoms with Crippen LogP contribution in [0.1, 0.15) is 26.0 Å². The van der Waals surface area contributed by atoms with Gasteiger partial charge in [-0.3, -0.25) is 9.78 Å². The zero-order valence-corrected chi connectivity index (χ0v) is 15.0. The number of nitrogens with zero attached hydrogens (tertiary/aromatic N) is 1. The summed E-state index contributed by atoms with van der Waals surface area (Å²) in [6, 6.07) is 6.23. The maximum absolute atomic E-state index is 11.6. The van der Waals surface area contributed by atoms with Crippen molar-refractivity contribution in [2.75, 3.05) is 18.8 Å². The van der Waals surface area contributed by atoms with Gasteiger partial charge in [0.1, 0.15) is 0 Å². The molecule has 0 aliphatic heterocycles. The lowest BCUT2D eigenvalue weighted by atomic mass is 10.3. The van der Waals surface area contributed by atoms with Gasteiger partial charge < -0.3 is 10.6 Å². The minimum absolute atomic E-state index is 0. The molecule has 0 aromatic carbocycles.